The van der Waals surface area contributed by atoms with Crippen molar-refractivity contribution in [2.45, 2.75) is 40.5 Å². The van der Waals surface area contributed by atoms with E-state index < -0.39 is 0 Å². The monoisotopic (exact) mass is 192 g/mol. The molecule has 2 atom stereocenters. The summed E-state index contributed by atoms with van der Waals surface area (Å²) in [5.41, 5.74) is 1.43. The van der Waals surface area contributed by atoms with Crippen LogP contribution >= 0.6 is 0 Å². The predicted molar refractivity (Wildman–Crippen MR) is 57.9 cm³/mol. The standard InChI is InChI=1S/C13H20O/c1-8(2)10-7-9-5-6-11(10)13(3,4)12(9)14/h7-9,11H,5-6H2,1-4H3. The number of ketones is 1. The SMILES string of the molecule is CC(C)C1=CC2CCC1C(C)(C)C2=O. The van der Waals surface area contributed by atoms with Gasteiger partial charge in [-0.25, -0.2) is 0 Å². The van der Waals surface area contributed by atoms with Crippen molar-refractivity contribution >= 4 is 5.78 Å². The Bertz CT molecular complexity index is 296. The van der Waals surface area contributed by atoms with Crippen LogP contribution in [0.3, 0.4) is 0 Å². The van der Waals surface area contributed by atoms with Crippen LogP contribution in [0.5, 0.6) is 0 Å². The van der Waals surface area contributed by atoms with Gasteiger partial charge in [0.1, 0.15) is 5.78 Å². The van der Waals surface area contributed by atoms with Crippen molar-refractivity contribution in [3.05, 3.63) is 11.6 Å². The van der Waals surface area contributed by atoms with Gasteiger partial charge < -0.3 is 0 Å². The third-order valence-corrected chi connectivity index (χ3v) is 4.07. The number of hydrogen-bond acceptors (Lipinski definition) is 1. The molecular formula is C13H20O. The van der Waals surface area contributed by atoms with E-state index in [1.54, 1.807) is 0 Å². The average Bonchev–Trinajstić information content (AvgIpc) is 2.13. The highest BCUT2D eigenvalue weighted by molar-refractivity contribution is 5.90. The molecule has 0 amide bonds. The summed E-state index contributed by atoms with van der Waals surface area (Å²) in [5.74, 6) is 1.82. The van der Waals surface area contributed by atoms with Gasteiger partial charge in [-0.2, -0.15) is 0 Å². The van der Waals surface area contributed by atoms with Crippen LogP contribution in [0.2, 0.25) is 0 Å². The Kier molecular flexibility index (Phi) is 2.09. The van der Waals surface area contributed by atoms with Crippen LogP contribution in [0.25, 0.3) is 0 Å². The molecule has 0 aliphatic heterocycles. The van der Waals surface area contributed by atoms with Crippen LogP contribution in [0, 0.1) is 23.2 Å². The zero-order valence-corrected chi connectivity index (χ0v) is 9.63. The van der Waals surface area contributed by atoms with Crippen LogP contribution in [-0.2, 0) is 4.79 Å². The molecule has 3 rings (SSSR count). The molecule has 0 N–H and O–H groups in total. The number of carbonyl (C=O) groups is 1. The molecule has 0 aromatic heterocycles. The summed E-state index contributed by atoms with van der Waals surface area (Å²) in [6.07, 6.45) is 4.56. The predicted octanol–water partition coefficient (Wildman–Crippen LogP) is 3.20. The molecule has 0 radical (unpaired) electrons. The van der Waals surface area contributed by atoms with Gasteiger partial charge >= 0.3 is 0 Å². The second kappa shape index (κ2) is 2.95. The highest BCUT2D eigenvalue weighted by atomic mass is 16.1. The molecule has 14 heavy (non-hydrogen) atoms. The van der Waals surface area contributed by atoms with E-state index in [1.807, 2.05) is 0 Å². The van der Waals surface area contributed by atoms with Crippen LogP contribution < -0.4 is 0 Å². The van der Waals surface area contributed by atoms with E-state index in [4.69, 9.17) is 0 Å². The lowest BCUT2D eigenvalue weighted by atomic mass is 9.56. The summed E-state index contributed by atoms with van der Waals surface area (Å²) >= 11 is 0. The molecule has 1 fully saturated rings. The Morgan fingerprint density at radius 1 is 1.36 bits per heavy atom. The number of fused-ring (bicyclic) bond motifs is 2. The molecule has 1 nitrogen and oxygen atoms in total. The molecule has 3 aliphatic rings. The summed E-state index contributed by atoms with van der Waals surface area (Å²) in [4.78, 5) is 12.0. The minimum Gasteiger partial charge on any atom is -0.298 e. The minimum atomic E-state index is -0.0999. The first-order valence-corrected chi connectivity index (χ1v) is 5.70. The van der Waals surface area contributed by atoms with Crippen LogP contribution in [-0.4, -0.2) is 5.78 Å². The summed E-state index contributed by atoms with van der Waals surface area (Å²) in [5, 5.41) is 0. The van der Waals surface area contributed by atoms with Gasteiger partial charge in [-0.05, 0) is 24.7 Å². The fourth-order valence-corrected chi connectivity index (χ4v) is 3.17. The van der Waals surface area contributed by atoms with E-state index in [0.717, 1.165) is 6.42 Å². The first-order chi connectivity index (χ1) is 6.44. The molecule has 78 valence electrons. The van der Waals surface area contributed by atoms with Crippen molar-refractivity contribution in [2.75, 3.05) is 0 Å². The number of carbonyl (C=O) groups excluding carboxylic acids is 1. The number of hydrogen-bond donors (Lipinski definition) is 0. The van der Waals surface area contributed by atoms with Gasteiger partial charge in [0.15, 0.2) is 0 Å². The van der Waals surface area contributed by atoms with Crippen molar-refractivity contribution in [1.82, 2.24) is 0 Å². The van der Waals surface area contributed by atoms with Crippen LogP contribution in [0.1, 0.15) is 40.5 Å². The molecule has 1 heteroatoms. The molecule has 1 saturated carbocycles. The maximum atomic E-state index is 12.0. The fourth-order valence-electron chi connectivity index (χ4n) is 3.17. The number of rotatable bonds is 1. The van der Waals surface area contributed by atoms with Crippen molar-refractivity contribution < 1.29 is 4.79 Å². The molecule has 2 unspecified atom stereocenters. The largest absolute Gasteiger partial charge is 0.298 e. The average molecular weight is 192 g/mol. The molecule has 0 aromatic rings. The third kappa shape index (κ3) is 1.18. The van der Waals surface area contributed by atoms with Crippen molar-refractivity contribution in [3.8, 4) is 0 Å². The van der Waals surface area contributed by atoms with E-state index in [9.17, 15) is 4.79 Å². The second-order valence-electron chi connectivity index (χ2n) is 5.64. The van der Waals surface area contributed by atoms with E-state index in [2.05, 4.69) is 33.8 Å². The zero-order valence-electron chi connectivity index (χ0n) is 9.63. The summed E-state index contributed by atoms with van der Waals surface area (Å²) in [7, 11) is 0. The number of allylic oxidation sites excluding steroid dienone is 2. The van der Waals surface area contributed by atoms with E-state index in [-0.39, 0.29) is 11.3 Å². The maximum absolute atomic E-state index is 12.0. The van der Waals surface area contributed by atoms with Crippen molar-refractivity contribution in [1.29, 1.82) is 0 Å². The van der Waals surface area contributed by atoms with E-state index in [0.29, 0.717) is 17.6 Å². The molecular weight excluding hydrogens is 172 g/mol. The van der Waals surface area contributed by atoms with Gasteiger partial charge in [0.2, 0.25) is 0 Å². The normalized spacial score (nSPS) is 34.9. The Hall–Kier alpha value is -0.590. The third-order valence-electron chi connectivity index (χ3n) is 4.07. The zero-order chi connectivity index (χ0) is 10.5. The first-order valence-electron chi connectivity index (χ1n) is 5.70. The number of Topliss-reactive ketones (excluding diaryl/α,β-unsaturated/α-hetero) is 1. The van der Waals surface area contributed by atoms with Gasteiger partial charge in [0.25, 0.3) is 0 Å². The lowest BCUT2D eigenvalue weighted by Gasteiger charge is -2.47. The molecule has 0 spiro atoms. The molecule has 0 aromatic carbocycles. The van der Waals surface area contributed by atoms with Gasteiger partial charge in [-0.1, -0.05) is 39.3 Å². The van der Waals surface area contributed by atoms with Gasteiger partial charge in [0, 0.05) is 11.3 Å². The van der Waals surface area contributed by atoms with Crippen LogP contribution in [0.15, 0.2) is 11.6 Å². The smallest absolute Gasteiger partial charge is 0.145 e. The summed E-state index contributed by atoms with van der Waals surface area (Å²) in [6.45, 7) is 8.74. The first kappa shape index (κ1) is 9.95. The highest BCUT2D eigenvalue weighted by Gasteiger charge is 2.48. The summed E-state index contributed by atoms with van der Waals surface area (Å²) in [6, 6.07) is 0. The Balaban J connectivity index is 2.43. The second-order valence-corrected chi connectivity index (χ2v) is 5.64. The Labute approximate surface area is 86.6 Å². The molecule has 3 aliphatic carbocycles. The molecule has 0 saturated heterocycles. The van der Waals surface area contributed by atoms with Crippen molar-refractivity contribution in [3.63, 3.8) is 0 Å². The van der Waals surface area contributed by atoms with E-state index in [1.165, 1.54) is 12.0 Å². The quantitative estimate of drug-likeness (QED) is 0.583. The van der Waals surface area contributed by atoms with Crippen molar-refractivity contribution in [2.24, 2.45) is 23.2 Å². The minimum absolute atomic E-state index is 0.0999. The summed E-state index contributed by atoms with van der Waals surface area (Å²) < 4.78 is 0. The Morgan fingerprint density at radius 3 is 2.50 bits per heavy atom. The van der Waals surface area contributed by atoms with Crippen LogP contribution in [0.4, 0.5) is 0 Å². The maximum Gasteiger partial charge on any atom is 0.145 e. The molecule has 2 bridgehead atoms. The highest BCUT2D eigenvalue weighted by Crippen LogP contribution is 2.51. The lowest BCUT2D eigenvalue weighted by Crippen LogP contribution is -2.46. The van der Waals surface area contributed by atoms with Gasteiger partial charge in [-0.15, -0.1) is 0 Å². The lowest BCUT2D eigenvalue weighted by molar-refractivity contribution is -0.136. The van der Waals surface area contributed by atoms with E-state index >= 15 is 0 Å². The topological polar surface area (TPSA) is 17.1 Å². The Morgan fingerprint density at radius 2 is 2.00 bits per heavy atom. The fraction of sp³-hybridized carbons (Fsp3) is 0.769. The molecule has 0 heterocycles. The van der Waals surface area contributed by atoms with Gasteiger partial charge in [-0.3, -0.25) is 4.79 Å². The van der Waals surface area contributed by atoms with Gasteiger partial charge in [0.05, 0.1) is 0 Å².